The number of carbonyl (C=O) groups excluding carboxylic acids is 9. The van der Waals surface area contributed by atoms with Crippen LogP contribution in [-0.4, -0.2) is 146 Å². The molecule has 5 rings (SSSR count). The van der Waals surface area contributed by atoms with Crippen LogP contribution in [0.5, 0.6) is 5.75 Å². The second kappa shape index (κ2) is 33.2. The fourth-order valence-corrected chi connectivity index (χ4v) is 12.4. The van der Waals surface area contributed by atoms with Gasteiger partial charge in [-0.1, -0.05) is 94.5 Å². The summed E-state index contributed by atoms with van der Waals surface area (Å²) in [6.07, 6.45) is 5.59. The molecule has 5 amide bonds. The number of fused-ring (bicyclic) bond motifs is 5. The third-order valence-electron chi connectivity index (χ3n) is 17.8. The molecule has 3 heterocycles. The lowest BCUT2D eigenvalue weighted by Gasteiger charge is -2.41. The Kier molecular flexibility index (Phi) is 27.4. The lowest BCUT2D eigenvalue weighted by molar-refractivity contribution is -0.187. The summed E-state index contributed by atoms with van der Waals surface area (Å²) in [4.78, 5) is 124. The molecule has 0 spiro atoms. The van der Waals surface area contributed by atoms with Crippen molar-refractivity contribution in [3.05, 3.63) is 80.6 Å². The number of primary amides is 1. The van der Waals surface area contributed by atoms with Crippen LogP contribution in [0.25, 0.3) is 0 Å². The van der Waals surface area contributed by atoms with E-state index in [1.54, 1.807) is 52.0 Å². The van der Waals surface area contributed by atoms with Crippen LogP contribution in [0.3, 0.4) is 0 Å². The zero-order chi connectivity index (χ0) is 66.2. The molecule has 0 saturated carbocycles. The van der Waals surface area contributed by atoms with Crippen molar-refractivity contribution in [2.75, 3.05) is 39.8 Å². The molecule has 0 unspecified atom stereocenters. The molecule has 4 bridgehead atoms. The number of urea groups is 1. The summed E-state index contributed by atoms with van der Waals surface area (Å²) in [6.45, 7) is 14.3. The quantitative estimate of drug-likeness (QED) is 0.0351. The Morgan fingerprint density at radius 1 is 0.966 bits per heavy atom. The summed E-state index contributed by atoms with van der Waals surface area (Å²) in [5.41, 5.74) is 3.48. The zero-order valence-corrected chi connectivity index (χ0v) is 55.1. The second-order valence-electron chi connectivity index (χ2n) is 24.7. The molecular formula is C66H92Cl2FN5O15. The number of aliphatic hydroxyl groups is 1. The summed E-state index contributed by atoms with van der Waals surface area (Å²) in [5.74, 6) is -6.53. The summed E-state index contributed by atoms with van der Waals surface area (Å²) < 4.78 is 46.0. The molecule has 89 heavy (non-hydrogen) atoms. The minimum absolute atomic E-state index is 0.00744. The number of methoxy groups -OCH3 is 2. The van der Waals surface area contributed by atoms with Gasteiger partial charge in [0.25, 0.3) is 5.91 Å². The Hall–Kier alpha value is -6.26. The van der Waals surface area contributed by atoms with Crippen LogP contribution in [0.2, 0.25) is 10.0 Å². The van der Waals surface area contributed by atoms with Crippen molar-refractivity contribution in [3.8, 4) is 5.75 Å². The topological polar surface area (TPSA) is 280 Å². The number of likely N-dealkylation sites (N-methyl/N-ethyl adjacent to an activating group) is 1. The van der Waals surface area contributed by atoms with Gasteiger partial charge in [-0.2, -0.15) is 0 Å². The number of carbonyl (C=O) groups is 9. The predicted octanol–water partition coefficient (Wildman–Crippen LogP) is 9.49. The lowest BCUT2D eigenvalue weighted by Crippen LogP contribution is -2.53. The van der Waals surface area contributed by atoms with Crippen molar-refractivity contribution in [2.24, 2.45) is 29.4 Å². The van der Waals surface area contributed by atoms with Gasteiger partial charge in [-0.3, -0.25) is 33.6 Å². The molecule has 10 atom stereocenters. The molecule has 23 heteroatoms. The highest BCUT2D eigenvalue weighted by Crippen LogP contribution is 2.50. The Balaban J connectivity index is 1.34. The van der Waals surface area contributed by atoms with Gasteiger partial charge >= 0.3 is 18.0 Å². The van der Waals surface area contributed by atoms with Gasteiger partial charge in [0.05, 0.1) is 48.4 Å². The average Bonchev–Trinajstić information content (AvgIpc) is 1.59. The van der Waals surface area contributed by atoms with E-state index < -0.39 is 120 Å². The highest BCUT2D eigenvalue weighted by Gasteiger charge is 2.64. The Morgan fingerprint density at radius 3 is 2.27 bits per heavy atom. The van der Waals surface area contributed by atoms with Crippen LogP contribution in [0.15, 0.2) is 48.1 Å². The molecule has 0 radical (unpaired) electrons. The van der Waals surface area contributed by atoms with E-state index in [1.165, 1.54) is 40.1 Å². The van der Waals surface area contributed by atoms with Gasteiger partial charge in [0.15, 0.2) is 5.78 Å². The van der Waals surface area contributed by atoms with Gasteiger partial charge in [0, 0.05) is 77.6 Å². The zero-order valence-electron chi connectivity index (χ0n) is 53.6. The maximum absolute atomic E-state index is 16.3. The predicted molar refractivity (Wildman–Crippen MR) is 335 cm³/mol. The Labute approximate surface area is 532 Å². The number of Topliss-reactive ketones (excluding diaryl/α,β-unsaturated/α-hetero) is 3. The number of nitrogens with two attached hydrogens (primary N) is 1. The van der Waals surface area contributed by atoms with Crippen LogP contribution in [0.1, 0.15) is 167 Å². The molecule has 0 aliphatic carbocycles. The lowest BCUT2D eigenvalue weighted by atomic mass is 9.78. The minimum Gasteiger partial charge on any atom is -0.495 e. The molecular weight excluding hydrogens is 1190 g/mol. The van der Waals surface area contributed by atoms with Crippen molar-refractivity contribution in [1.82, 2.24) is 15.5 Å². The number of benzene rings is 2. The maximum Gasteiger partial charge on any atom is 0.328 e. The van der Waals surface area contributed by atoms with Crippen LogP contribution in [0.4, 0.5) is 14.9 Å². The number of esters is 2. The van der Waals surface area contributed by atoms with E-state index in [4.69, 9.17) is 52.6 Å². The standard InChI is InChI=1S/C66H92Cl2FN5O15/c1-13-42(14-2)51(76)24-18-16-15-17-22-44(75)32-45(37(3)4)61(80)72-49(23-20-26-71-64(70)83)52(77)31-43-30-47(67)46(33-48(43)69)62(81)73(9)40(7)63(82)88-56-34-57(78)74(10)50-28-41(29-53(85-11)59(50)68)27-38(5)21-19-25-55(86-12)66(84)35-54(87-58(79)36-66)39(6)60-65(56,8)89-60/h19,21,25,28-30,33,37,39-40,42,45,49,54-56,60,84H,13-18,20,22-24,26-27,31-32,34-36H2,1-12H3,(H,72,80)(H3,70,71,83)/b25-19+,38-21+/t39-,40+,45+,49+,54+,55-,56+,60+,65+,66-/m1/s1. The number of nitrogens with one attached hydrogen (secondary N) is 2. The van der Waals surface area contributed by atoms with Gasteiger partial charge < -0.3 is 55.0 Å². The number of nitrogens with zero attached hydrogens (tertiary/aromatic N) is 2. The number of ether oxygens (including phenoxy) is 5. The highest BCUT2D eigenvalue weighted by molar-refractivity contribution is 6.35. The molecule has 3 aliphatic heterocycles. The largest absolute Gasteiger partial charge is 0.495 e. The SMILES string of the molecule is CCC(CC)C(=O)CCCCCCC(=O)C[C@H](C(=O)N[C@@H](CCCNC(N)=O)C(=O)Cc1cc(Cl)c(C(=O)N(C)[C@@H](C)C(=O)O[C@H]2CC(=O)N(C)c3cc(cc(OC)c3Cl)C/C(C)=C/C=C/[C@@H](OC)[C@]3(O)CC(=O)O[C@@H](C3)[C@@H](C)[C@@H]3O[C@@]23C)cc1F)C(C)C. The summed E-state index contributed by atoms with van der Waals surface area (Å²) >= 11 is 13.6. The summed E-state index contributed by atoms with van der Waals surface area (Å²) in [7, 11) is 5.65. The Morgan fingerprint density at radius 2 is 1.64 bits per heavy atom. The normalized spacial score (nSPS) is 24.0. The van der Waals surface area contributed by atoms with E-state index >= 15 is 4.39 Å². The fourth-order valence-electron chi connectivity index (χ4n) is 11.8. The van der Waals surface area contributed by atoms with E-state index in [2.05, 4.69) is 10.6 Å². The second-order valence-corrected chi connectivity index (χ2v) is 25.5. The number of allylic oxidation sites excluding steroid dienone is 3. The number of ketones is 3. The first-order chi connectivity index (χ1) is 41.9. The van der Waals surface area contributed by atoms with Gasteiger partial charge in [-0.05, 0) is 107 Å². The van der Waals surface area contributed by atoms with E-state index in [0.717, 1.165) is 60.3 Å². The average molecular weight is 1290 g/mol. The van der Waals surface area contributed by atoms with Crippen molar-refractivity contribution < 1.29 is 76.3 Å². The Bertz CT molecular complexity index is 2970. The van der Waals surface area contributed by atoms with E-state index in [9.17, 15) is 48.3 Å². The first-order valence-corrected chi connectivity index (χ1v) is 31.6. The van der Waals surface area contributed by atoms with Crippen LogP contribution in [-0.2, 0) is 65.4 Å². The molecule has 492 valence electrons. The van der Waals surface area contributed by atoms with Crippen LogP contribution >= 0.6 is 23.2 Å². The van der Waals surface area contributed by atoms with Gasteiger partial charge in [0.1, 0.15) is 63.7 Å². The first-order valence-electron chi connectivity index (χ1n) is 30.9. The van der Waals surface area contributed by atoms with Crippen LogP contribution in [0, 0.1) is 29.5 Å². The highest BCUT2D eigenvalue weighted by atomic mass is 35.5. The van der Waals surface area contributed by atoms with Crippen molar-refractivity contribution in [1.29, 1.82) is 0 Å². The molecule has 2 aromatic rings. The van der Waals surface area contributed by atoms with E-state index in [0.29, 0.717) is 30.7 Å². The van der Waals surface area contributed by atoms with Crippen molar-refractivity contribution >= 4 is 81.9 Å². The number of amides is 5. The number of hydrogen-bond donors (Lipinski definition) is 4. The molecule has 3 aliphatic rings. The number of epoxide rings is 1. The molecule has 2 aromatic carbocycles. The van der Waals surface area contributed by atoms with Gasteiger partial charge in [-0.25, -0.2) is 14.0 Å². The summed E-state index contributed by atoms with van der Waals surface area (Å²) in [5, 5.41) is 17.1. The molecule has 0 aromatic heterocycles. The third kappa shape index (κ3) is 19.6. The summed E-state index contributed by atoms with van der Waals surface area (Å²) in [6, 6.07) is 2.03. The molecule has 2 saturated heterocycles. The minimum atomic E-state index is -1.69. The van der Waals surface area contributed by atoms with Gasteiger partial charge in [-0.15, -0.1) is 0 Å². The van der Waals surface area contributed by atoms with Gasteiger partial charge in [0.2, 0.25) is 11.8 Å². The number of hydrogen-bond acceptors (Lipinski definition) is 15. The molecule has 2 fully saturated rings. The number of unbranched alkanes of at least 4 members (excludes halogenated alkanes) is 3. The smallest absolute Gasteiger partial charge is 0.328 e. The van der Waals surface area contributed by atoms with Crippen LogP contribution < -0.4 is 26.0 Å². The first kappa shape index (κ1) is 73.5. The van der Waals surface area contributed by atoms with E-state index in [1.807, 2.05) is 26.8 Å². The molecule has 5 N–H and O–H groups in total. The number of anilines is 1. The molecule has 20 nitrogen and oxygen atoms in total. The monoisotopic (exact) mass is 1280 g/mol. The third-order valence-corrected chi connectivity index (χ3v) is 18.5. The van der Waals surface area contributed by atoms with Crippen molar-refractivity contribution in [3.63, 3.8) is 0 Å². The van der Waals surface area contributed by atoms with E-state index in [-0.39, 0.29) is 89.6 Å². The fraction of sp³-hybridized carbons (Fsp3) is 0.621. The maximum atomic E-state index is 16.3. The number of halogens is 3. The number of rotatable bonds is 28. The van der Waals surface area contributed by atoms with Crippen molar-refractivity contribution in [2.45, 2.75) is 206 Å².